The van der Waals surface area contributed by atoms with Crippen molar-refractivity contribution in [3.05, 3.63) is 29.3 Å². The summed E-state index contributed by atoms with van der Waals surface area (Å²) in [5.41, 5.74) is 2.30. The number of aliphatic hydroxyl groups is 1. The Morgan fingerprint density at radius 3 is 3.14 bits per heavy atom. The van der Waals surface area contributed by atoms with Crippen molar-refractivity contribution in [2.24, 2.45) is 0 Å². The SMILES string of the molecule is OC(CCl)Cc1cccc2c1OCC2. The molecule has 0 saturated heterocycles. The molecule has 2 nitrogen and oxygen atoms in total. The minimum Gasteiger partial charge on any atom is -0.493 e. The summed E-state index contributed by atoms with van der Waals surface area (Å²) in [6.07, 6.45) is 1.07. The van der Waals surface area contributed by atoms with Crippen molar-refractivity contribution in [3.63, 3.8) is 0 Å². The average Bonchev–Trinajstić information content (AvgIpc) is 2.66. The number of alkyl halides is 1. The van der Waals surface area contributed by atoms with E-state index >= 15 is 0 Å². The van der Waals surface area contributed by atoms with Crippen molar-refractivity contribution in [2.75, 3.05) is 12.5 Å². The minimum atomic E-state index is -0.479. The van der Waals surface area contributed by atoms with Crippen molar-refractivity contribution in [1.82, 2.24) is 0 Å². The number of hydrogen-bond donors (Lipinski definition) is 1. The van der Waals surface area contributed by atoms with Crippen LogP contribution in [0.25, 0.3) is 0 Å². The average molecular weight is 213 g/mol. The van der Waals surface area contributed by atoms with E-state index in [0.717, 1.165) is 24.3 Å². The summed E-state index contributed by atoms with van der Waals surface area (Å²) in [6, 6.07) is 6.06. The summed E-state index contributed by atoms with van der Waals surface area (Å²) < 4.78 is 5.52. The van der Waals surface area contributed by atoms with Gasteiger partial charge in [-0.05, 0) is 11.1 Å². The lowest BCUT2D eigenvalue weighted by molar-refractivity contribution is 0.197. The fourth-order valence-electron chi connectivity index (χ4n) is 1.75. The van der Waals surface area contributed by atoms with Crippen LogP contribution in [0.3, 0.4) is 0 Å². The van der Waals surface area contributed by atoms with E-state index in [1.54, 1.807) is 0 Å². The van der Waals surface area contributed by atoms with Gasteiger partial charge < -0.3 is 9.84 Å². The molecule has 1 atom stereocenters. The first-order valence-electron chi connectivity index (χ1n) is 4.79. The second kappa shape index (κ2) is 4.20. The molecule has 1 heterocycles. The first-order valence-corrected chi connectivity index (χ1v) is 5.32. The quantitative estimate of drug-likeness (QED) is 0.774. The third kappa shape index (κ3) is 1.86. The van der Waals surface area contributed by atoms with Crippen LogP contribution in [0.1, 0.15) is 11.1 Å². The van der Waals surface area contributed by atoms with Gasteiger partial charge >= 0.3 is 0 Å². The summed E-state index contributed by atoms with van der Waals surface area (Å²) in [7, 11) is 0. The van der Waals surface area contributed by atoms with Gasteiger partial charge in [0.1, 0.15) is 5.75 Å². The standard InChI is InChI=1S/C11H13ClO2/c12-7-10(13)6-9-3-1-2-8-4-5-14-11(8)9/h1-3,10,13H,4-7H2. The lowest BCUT2D eigenvalue weighted by atomic mass is 10.0. The summed E-state index contributed by atoms with van der Waals surface area (Å²) >= 11 is 5.56. The molecule has 3 heteroatoms. The highest BCUT2D eigenvalue weighted by atomic mass is 35.5. The molecule has 2 rings (SSSR count). The molecule has 1 aromatic rings. The van der Waals surface area contributed by atoms with Crippen molar-refractivity contribution >= 4 is 11.6 Å². The number of hydrogen-bond acceptors (Lipinski definition) is 2. The highest BCUT2D eigenvalue weighted by Gasteiger charge is 2.17. The van der Waals surface area contributed by atoms with E-state index in [4.69, 9.17) is 16.3 Å². The van der Waals surface area contributed by atoms with Crippen molar-refractivity contribution < 1.29 is 9.84 Å². The number of rotatable bonds is 3. The van der Waals surface area contributed by atoms with Gasteiger partial charge in [0.15, 0.2) is 0 Å². The van der Waals surface area contributed by atoms with Gasteiger partial charge in [0, 0.05) is 18.7 Å². The van der Waals surface area contributed by atoms with Gasteiger partial charge in [0.05, 0.1) is 12.7 Å². The van der Waals surface area contributed by atoms with Crippen molar-refractivity contribution in [1.29, 1.82) is 0 Å². The van der Waals surface area contributed by atoms with Crippen molar-refractivity contribution in [2.45, 2.75) is 18.9 Å². The van der Waals surface area contributed by atoms with E-state index in [9.17, 15) is 5.11 Å². The molecule has 0 saturated carbocycles. The van der Waals surface area contributed by atoms with E-state index in [-0.39, 0.29) is 5.88 Å². The van der Waals surface area contributed by atoms with E-state index in [0.29, 0.717) is 6.42 Å². The summed E-state index contributed by atoms with van der Waals surface area (Å²) in [6.45, 7) is 0.753. The van der Waals surface area contributed by atoms with Crippen LogP contribution in [0, 0.1) is 0 Å². The monoisotopic (exact) mass is 212 g/mol. The summed E-state index contributed by atoms with van der Waals surface area (Å²) in [5.74, 6) is 1.22. The molecule has 0 amide bonds. The molecular weight excluding hydrogens is 200 g/mol. The zero-order valence-electron chi connectivity index (χ0n) is 7.87. The smallest absolute Gasteiger partial charge is 0.125 e. The zero-order chi connectivity index (χ0) is 9.97. The normalized spacial score (nSPS) is 16.1. The molecule has 0 fully saturated rings. The molecule has 0 radical (unpaired) electrons. The maximum absolute atomic E-state index is 9.46. The Balaban J connectivity index is 2.22. The Hall–Kier alpha value is -0.730. The second-order valence-electron chi connectivity index (χ2n) is 3.52. The lowest BCUT2D eigenvalue weighted by Crippen LogP contribution is -2.12. The van der Waals surface area contributed by atoms with Gasteiger partial charge in [-0.15, -0.1) is 11.6 Å². The predicted octanol–water partition coefficient (Wildman–Crippen LogP) is 1.76. The highest BCUT2D eigenvalue weighted by molar-refractivity contribution is 6.18. The van der Waals surface area contributed by atoms with Gasteiger partial charge in [-0.25, -0.2) is 0 Å². The largest absolute Gasteiger partial charge is 0.493 e. The molecule has 14 heavy (non-hydrogen) atoms. The molecule has 76 valence electrons. The molecule has 0 aromatic heterocycles. The fourth-order valence-corrected chi connectivity index (χ4v) is 1.86. The maximum atomic E-state index is 9.46. The Morgan fingerprint density at radius 2 is 2.36 bits per heavy atom. The summed E-state index contributed by atoms with van der Waals surface area (Å²) in [5, 5.41) is 9.46. The number of aliphatic hydroxyl groups excluding tert-OH is 1. The first kappa shape index (κ1) is 9.81. The van der Waals surface area contributed by atoms with E-state index < -0.39 is 6.10 Å². The third-order valence-electron chi connectivity index (χ3n) is 2.43. The van der Waals surface area contributed by atoms with E-state index in [2.05, 4.69) is 6.07 Å². The van der Waals surface area contributed by atoms with Gasteiger partial charge in [0.2, 0.25) is 0 Å². The number of para-hydroxylation sites is 1. The Bertz CT molecular complexity index is 325. The zero-order valence-corrected chi connectivity index (χ0v) is 8.63. The minimum absolute atomic E-state index is 0.268. The molecule has 1 unspecified atom stereocenters. The van der Waals surface area contributed by atoms with Gasteiger partial charge in [-0.2, -0.15) is 0 Å². The molecule has 1 N–H and O–H groups in total. The van der Waals surface area contributed by atoms with E-state index in [1.807, 2.05) is 12.1 Å². The van der Waals surface area contributed by atoms with Crippen molar-refractivity contribution in [3.8, 4) is 5.75 Å². The van der Waals surface area contributed by atoms with Crippen LogP contribution in [0.4, 0.5) is 0 Å². The Labute approximate surface area is 88.5 Å². The molecule has 1 aliphatic heterocycles. The molecule has 0 bridgehead atoms. The first-order chi connectivity index (χ1) is 6.81. The van der Waals surface area contributed by atoms with Crippen LogP contribution in [0.2, 0.25) is 0 Å². The van der Waals surface area contributed by atoms with E-state index in [1.165, 1.54) is 5.56 Å². The molecule has 1 aromatic carbocycles. The predicted molar refractivity (Wildman–Crippen MR) is 56.1 cm³/mol. The van der Waals surface area contributed by atoms with Gasteiger partial charge in [-0.3, -0.25) is 0 Å². The van der Waals surface area contributed by atoms with Crippen LogP contribution in [-0.4, -0.2) is 23.7 Å². The highest BCUT2D eigenvalue weighted by Crippen LogP contribution is 2.30. The molecule has 1 aliphatic rings. The molecule has 0 spiro atoms. The Kier molecular flexibility index (Phi) is 2.94. The number of fused-ring (bicyclic) bond motifs is 1. The lowest BCUT2D eigenvalue weighted by Gasteiger charge is -2.10. The molecule has 0 aliphatic carbocycles. The van der Waals surface area contributed by atoms with Gasteiger partial charge in [0.25, 0.3) is 0 Å². The third-order valence-corrected chi connectivity index (χ3v) is 2.79. The number of halogens is 1. The second-order valence-corrected chi connectivity index (χ2v) is 3.82. The Morgan fingerprint density at radius 1 is 1.50 bits per heavy atom. The fraction of sp³-hybridized carbons (Fsp3) is 0.455. The summed E-state index contributed by atoms with van der Waals surface area (Å²) in [4.78, 5) is 0. The van der Waals surface area contributed by atoms with Crippen LogP contribution >= 0.6 is 11.6 Å². The number of benzene rings is 1. The van der Waals surface area contributed by atoms with Crippen LogP contribution < -0.4 is 4.74 Å². The van der Waals surface area contributed by atoms with Crippen LogP contribution in [0.15, 0.2) is 18.2 Å². The van der Waals surface area contributed by atoms with Gasteiger partial charge in [-0.1, -0.05) is 18.2 Å². The number of ether oxygens (including phenoxy) is 1. The topological polar surface area (TPSA) is 29.5 Å². The van der Waals surface area contributed by atoms with Crippen LogP contribution in [0.5, 0.6) is 5.75 Å². The maximum Gasteiger partial charge on any atom is 0.125 e. The molecular formula is C11H13ClO2. The van der Waals surface area contributed by atoms with Crippen LogP contribution in [-0.2, 0) is 12.8 Å².